The third-order valence-corrected chi connectivity index (χ3v) is 5.09. The highest BCUT2D eigenvalue weighted by Crippen LogP contribution is 2.21. The number of aromatic nitrogens is 3. The summed E-state index contributed by atoms with van der Waals surface area (Å²) >= 11 is 1.42. The van der Waals surface area contributed by atoms with Crippen molar-refractivity contribution in [3.63, 3.8) is 0 Å². The average Bonchev–Trinajstić information content (AvgIpc) is 3.31. The van der Waals surface area contributed by atoms with Gasteiger partial charge in [-0.2, -0.15) is 4.68 Å². The van der Waals surface area contributed by atoms with Gasteiger partial charge in [0.05, 0.1) is 4.88 Å². The van der Waals surface area contributed by atoms with Crippen molar-refractivity contribution >= 4 is 17.1 Å². The summed E-state index contributed by atoms with van der Waals surface area (Å²) in [6, 6.07) is 5.52. The minimum atomic E-state index is -0.629. The number of methoxy groups -OCH3 is 1. The zero-order valence-corrected chi connectivity index (χ0v) is 15.8. The maximum absolute atomic E-state index is 12.7. The molecule has 0 radical (unpaired) electrons. The van der Waals surface area contributed by atoms with Gasteiger partial charge >= 0.3 is 5.76 Å². The molecule has 8 heteroatoms. The molecule has 0 saturated heterocycles. The number of carbonyl (C=O) groups is 1. The molecule has 0 unspecified atom stereocenters. The zero-order chi connectivity index (χ0) is 18.7. The van der Waals surface area contributed by atoms with Gasteiger partial charge in [0.25, 0.3) is 5.89 Å². The molecule has 3 aromatic heterocycles. The van der Waals surface area contributed by atoms with Gasteiger partial charge < -0.3 is 13.7 Å². The maximum Gasteiger partial charge on any atom is 0.437 e. The summed E-state index contributed by atoms with van der Waals surface area (Å²) in [7, 11) is 1.67. The number of ketones is 1. The van der Waals surface area contributed by atoms with Gasteiger partial charge in [-0.1, -0.05) is 6.07 Å². The van der Waals surface area contributed by atoms with Crippen LogP contribution in [0.15, 0.2) is 32.8 Å². The van der Waals surface area contributed by atoms with Gasteiger partial charge in [-0.15, -0.1) is 16.4 Å². The van der Waals surface area contributed by atoms with Crippen LogP contribution in [0.3, 0.4) is 0 Å². The summed E-state index contributed by atoms with van der Waals surface area (Å²) in [5, 5.41) is 6.01. The van der Waals surface area contributed by atoms with E-state index < -0.39 is 5.76 Å². The van der Waals surface area contributed by atoms with Crippen LogP contribution in [0.25, 0.3) is 10.8 Å². The molecule has 3 aromatic rings. The van der Waals surface area contributed by atoms with Crippen molar-refractivity contribution in [3.05, 3.63) is 51.1 Å². The fourth-order valence-corrected chi connectivity index (χ4v) is 3.57. The number of Topliss-reactive ketones (excluding diaryl/α,β-unsaturated/α-hetero) is 1. The molecule has 0 aliphatic heterocycles. The number of hydrogen-bond donors (Lipinski definition) is 0. The Morgan fingerprint density at radius 1 is 1.38 bits per heavy atom. The van der Waals surface area contributed by atoms with Crippen molar-refractivity contribution in [3.8, 4) is 10.8 Å². The number of rotatable bonds is 8. The van der Waals surface area contributed by atoms with Crippen LogP contribution >= 0.6 is 11.3 Å². The number of ether oxygens (including phenoxy) is 1. The Balaban J connectivity index is 1.79. The standard InChI is InChI=1S/C18H21N3O4S/c1-12-10-14(13(2)20(12)7-5-8-24-3)15(22)11-21-18(23)25-17(19-21)16-6-4-9-26-16/h4,6,9-10H,5,7-8,11H2,1-3H3. The molecule has 0 spiro atoms. The van der Waals surface area contributed by atoms with Gasteiger partial charge in [0.1, 0.15) is 6.54 Å². The Bertz CT molecular complexity index is 950. The van der Waals surface area contributed by atoms with Crippen molar-refractivity contribution in [2.45, 2.75) is 33.4 Å². The Morgan fingerprint density at radius 3 is 2.88 bits per heavy atom. The first-order valence-electron chi connectivity index (χ1n) is 8.32. The topological polar surface area (TPSA) is 79.3 Å². The molecule has 3 heterocycles. The first-order valence-corrected chi connectivity index (χ1v) is 9.20. The first-order chi connectivity index (χ1) is 12.5. The van der Waals surface area contributed by atoms with E-state index in [9.17, 15) is 9.59 Å². The molecule has 0 bridgehead atoms. The molecule has 0 fully saturated rings. The summed E-state index contributed by atoms with van der Waals surface area (Å²) in [5.74, 6) is -0.553. The monoisotopic (exact) mass is 375 g/mol. The number of thiophene rings is 1. The van der Waals surface area contributed by atoms with E-state index in [-0.39, 0.29) is 18.2 Å². The van der Waals surface area contributed by atoms with Gasteiger partial charge in [0.15, 0.2) is 5.78 Å². The highest BCUT2D eigenvalue weighted by Gasteiger charge is 2.19. The van der Waals surface area contributed by atoms with Gasteiger partial charge in [-0.05, 0) is 37.8 Å². The second kappa shape index (κ2) is 7.84. The predicted octanol–water partition coefficient (Wildman–Crippen LogP) is 2.90. The van der Waals surface area contributed by atoms with Crippen LogP contribution < -0.4 is 5.76 Å². The van der Waals surface area contributed by atoms with E-state index in [4.69, 9.17) is 9.15 Å². The normalized spacial score (nSPS) is 11.2. The molecule has 3 rings (SSSR count). The minimum Gasteiger partial charge on any atom is -0.387 e. The summed E-state index contributed by atoms with van der Waals surface area (Å²) in [6.45, 7) is 5.19. The number of aryl methyl sites for hydroxylation is 1. The van der Waals surface area contributed by atoms with Crippen LogP contribution in [0.5, 0.6) is 0 Å². The molecule has 0 N–H and O–H groups in total. The van der Waals surface area contributed by atoms with Crippen LogP contribution in [0, 0.1) is 13.8 Å². The quantitative estimate of drug-likeness (QED) is 0.447. The summed E-state index contributed by atoms with van der Waals surface area (Å²) in [4.78, 5) is 25.5. The Morgan fingerprint density at radius 2 is 2.19 bits per heavy atom. The molecule has 26 heavy (non-hydrogen) atoms. The van der Waals surface area contributed by atoms with E-state index in [0.717, 1.165) is 33.9 Å². The smallest absolute Gasteiger partial charge is 0.387 e. The molecular weight excluding hydrogens is 354 g/mol. The molecule has 0 aromatic carbocycles. The largest absolute Gasteiger partial charge is 0.437 e. The summed E-state index contributed by atoms with van der Waals surface area (Å²) < 4.78 is 13.4. The predicted molar refractivity (Wildman–Crippen MR) is 98.8 cm³/mol. The van der Waals surface area contributed by atoms with E-state index in [1.165, 1.54) is 11.3 Å². The van der Waals surface area contributed by atoms with Crippen molar-refractivity contribution in [1.29, 1.82) is 0 Å². The fourth-order valence-electron chi connectivity index (χ4n) is 2.92. The molecule has 0 aliphatic rings. The van der Waals surface area contributed by atoms with Crippen LogP contribution in [0.1, 0.15) is 28.2 Å². The SMILES string of the molecule is COCCCn1c(C)cc(C(=O)Cn2nc(-c3cccs3)oc2=O)c1C. The average molecular weight is 375 g/mol. The Kier molecular flexibility index (Phi) is 5.53. The first kappa shape index (κ1) is 18.3. The molecule has 0 atom stereocenters. The van der Waals surface area contributed by atoms with Crippen LogP contribution in [0.2, 0.25) is 0 Å². The Labute approximate surface area is 154 Å². The van der Waals surface area contributed by atoms with E-state index >= 15 is 0 Å². The van der Waals surface area contributed by atoms with E-state index in [1.807, 2.05) is 37.4 Å². The van der Waals surface area contributed by atoms with Gasteiger partial charge in [0.2, 0.25) is 0 Å². The van der Waals surface area contributed by atoms with Crippen molar-refractivity contribution < 1.29 is 13.9 Å². The van der Waals surface area contributed by atoms with Gasteiger partial charge in [-0.25, -0.2) is 4.79 Å². The van der Waals surface area contributed by atoms with E-state index in [1.54, 1.807) is 7.11 Å². The lowest BCUT2D eigenvalue weighted by molar-refractivity contribution is 0.0964. The highest BCUT2D eigenvalue weighted by atomic mass is 32.1. The molecule has 0 saturated carbocycles. The van der Waals surface area contributed by atoms with E-state index in [0.29, 0.717) is 12.2 Å². The third kappa shape index (κ3) is 3.71. The van der Waals surface area contributed by atoms with Gasteiger partial charge in [-0.3, -0.25) is 4.79 Å². The van der Waals surface area contributed by atoms with Crippen LogP contribution in [-0.2, 0) is 17.8 Å². The van der Waals surface area contributed by atoms with Crippen LogP contribution in [-0.4, -0.2) is 33.8 Å². The highest BCUT2D eigenvalue weighted by molar-refractivity contribution is 7.13. The second-order valence-electron chi connectivity index (χ2n) is 6.01. The van der Waals surface area contributed by atoms with Crippen molar-refractivity contribution in [2.75, 3.05) is 13.7 Å². The third-order valence-electron chi connectivity index (χ3n) is 4.24. The van der Waals surface area contributed by atoms with Crippen LogP contribution in [0.4, 0.5) is 0 Å². The lowest BCUT2D eigenvalue weighted by Crippen LogP contribution is -2.22. The second-order valence-corrected chi connectivity index (χ2v) is 6.96. The van der Waals surface area contributed by atoms with Crippen molar-refractivity contribution in [2.24, 2.45) is 0 Å². The summed E-state index contributed by atoms with van der Waals surface area (Å²) in [5.41, 5.74) is 2.50. The lowest BCUT2D eigenvalue weighted by Gasteiger charge is -2.09. The van der Waals surface area contributed by atoms with Gasteiger partial charge in [0, 0.05) is 37.2 Å². The molecule has 7 nitrogen and oxygen atoms in total. The minimum absolute atomic E-state index is 0.143. The number of carbonyl (C=O) groups excluding carboxylic acids is 1. The fraction of sp³-hybridized carbons (Fsp3) is 0.389. The summed E-state index contributed by atoms with van der Waals surface area (Å²) in [6.07, 6.45) is 0.868. The molecular formula is C18H21N3O4S. The lowest BCUT2D eigenvalue weighted by atomic mass is 10.1. The molecule has 0 amide bonds. The molecule has 0 aliphatic carbocycles. The molecule has 138 valence electrons. The zero-order valence-electron chi connectivity index (χ0n) is 15.0. The van der Waals surface area contributed by atoms with Crippen molar-refractivity contribution in [1.82, 2.24) is 14.3 Å². The maximum atomic E-state index is 12.7. The number of hydrogen-bond acceptors (Lipinski definition) is 6. The Hall–Kier alpha value is -2.45. The number of nitrogens with zero attached hydrogens (tertiary/aromatic N) is 3. The van der Waals surface area contributed by atoms with E-state index in [2.05, 4.69) is 9.67 Å².